The number of piperidine rings is 1. The maximum absolute atomic E-state index is 12.2. The zero-order valence-corrected chi connectivity index (χ0v) is 15.0. The van der Waals surface area contributed by atoms with E-state index >= 15 is 0 Å². The zero-order valence-electron chi connectivity index (χ0n) is 15.0. The first-order valence-corrected chi connectivity index (χ1v) is 8.75. The molecule has 2 rings (SSSR count). The number of carbonyl (C=O) groups is 2. The summed E-state index contributed by atoms with van der Waals surface area (Å²) in [5.41, 5.74) is 2.42. The van der Waals surface area contributed by atoms with E-state index in [-0.39, 0.29) is 17.9 Å². The molecule has 1 fully saturated rings. The number of likely N-dealkylation sites (N-methyl/N-ethyl adjacent to an activating group) is 1. The van der Waals surface area contributed by atoms with E-state index in [9.17, 15) is 9.59 Å². The number of nitrogens with zero attached hydrogens (tertiary/aromatic N) is 2. The topological polar surface area (TPSA) is 52.7 Å². The summed E-state index contributed by atoms with van der Waals surface area (Å²) in [5.74, 6) is 0.188. The quantitative estimate of drug-likeness (QED) is 0.833. The molecule has 0 aromatic heterocycles. The van der Waals surface area contributed by atoms with E-state index in [2.05, 4.69) is 35.3 Å². The Balaban J connectivity index is 1.83. The predicted molar refractivity (Wildman–Crippen MR) is 95.7 cm³/mol. The summed E-state index contributed by atoms with van der Waals surface area (Å²) in [4.78, 5) is 27.8. The van der Waals surface area contributed by atoms with Gasteiger partial charge >= 0.3 is 0 Å². The lowest BCUT2D eigenvalue weighted by molar-refractivity contribution is -0.133. The van der Waals surface area contributed by atoms with Gasteiger partial charge in [-0.3, -0.25) is 9.59 Å². The van der Waals surface area contributed by atoms with Gasteiger partial charge in [-0.15, -0.1) is 0 Å². The van der Waals surface area contributed by atoms with Gasteiger partial charge in [-0.05, 0) is 39.4 Å². The van der Waals surface area contributed by atoms with Crippen LogP contribution in [0, 0.1) is 6.92 Å². The summed E-state index contributed by atoms with van der Waals surface area (Å²) in [6.45, 7) is 3.96. The first-order valence-electron chi connectivity index (χ1n) is 8.75. The lowest BCUT2D eigenvalue weighted by atomic mass is 10.0. The predicted octanol–water partition coefficient (Wildman–Crippen LogP) is 2.12. The molecule has 1 N–H and O–H groups in total. The number of benzene rings is 1. The number of nitrogens with one attached hydrogen (secondary N) is 1. The minimum absolute atomic E-state index is 0.00729. The van der Waals surface area contributed by atoms with Gasteiger partial charge in [0.1, 0.15) is 0 Å². The van der Waals surface area contributed by atoms with E-state index < -0.39 is 0 Å². The van der Waals surface area contributed by atoms with Gasteiger partial charge in [-0.25, -0.2) is 0 Å². The Morgan fingerprint density at radius 3 is 2.79 bits per heavy atom. The first-order chi connectivity index (χ1) is 11.5. The number of hydrogen-bond acceptors (Lipinski definition) is 3. The zero-order chi connectivity index (χ0) is 17.5. The van der Waals surface area contributed by atoms with Crippen molar-refractivity contribution in [2.45, 2.75) is 38.6 Å². The number of aryl methyl sites for hydroxylation is 1. The second-order valence-electron chi connectivity index (χ2n) is 6.79. The van der Waals surface area contributed by atoms with Crippen molar-refractivity contribution >= 4 is 11.8 Å². The highest BCUT2D eigenvalue weighted by atomic mass is 16.2. The Labute approximate surface area is 145 Å². The van der Waals surface area contributed by atoms with Crippen LogP contribution < -0.4 is 5.32 Å². The van der Waals surface area contributed by atoms with Gasteiger partial charge in [0.05, 0.1) is 6.04 Å². The van der Waals surface area contributed by atoms with Crippen molar-refractivity contribution in [3.8, 4) is 0 Å². The number of hydrogen-bond donors (Lipinski definition) is 1. The molecule has 5 heteroatoms. The molecule has 24 heavy (non-hydrogen) atoms. The van der Waals surface area contributed by atoms with E-state index in [1.54, 1.807) is 0 Å². The van der Waals surface area contributed by atoms with Crippen LogP contribution in [0.5, 0.6) is 0 Å². The third kappa shape index (κ3) is 5.34. The van der Waals surface area contributed by atoms with Crippen LogP contribution in [0.2, 0.25) is 0 Å². The van der Waals surface area contributed by atoms with Crippen molar-refractivity contribution in [3.05, 3.63) is 35.4 Å². The van der Waals surface area contributed by atoms with Crippen molar-refractivity contribution in [1.82, 2.24) is 15.1 Å². The molecule has 2 amide bonds. The molecule has 0 saturated carbocycles. The van der Waals surface area contributed by atoms with Crippen molar-refractivity contribution in [2.75, 3.05) is 33.7 Å². The summed E-state index contributed by atoms with van der Waals surface area (Å²) in [5, 5.41) is 3.02. The number of rotatable bonds is 7. The van der Waals surface area contributed by atoms with Crippen LogP contribution in [0.25, 0.3) is 0 Å². The summed E-state index contributed by atoms with van der Waals surface area (Å²) < 4.78 is 0. The largest absolute Gasteiger partial charge is 0.354 e. The molecule has 1 aliphatic rings. The summed E-state index contributed by atoms with van der Waals surface area (Å²) in [6, 6.07) is 8.51. The molecule has 1 atom stereocenters. The maximum Gasteiger partial charge on any atom is 0.222 e. The molecule has 1 aromatic carbocycles. The fourth-order valence-electron chi connectivity index (χ4n) is 3.11. The highest BCUT2D eigenvalue weighted by Gasteiger charge is 2.19. The molecule has 132 valence electrons. The molecule has 0 aliphatic carbocycles. The number of likely N-dealkylation sites (tertiary alicyclic amines) is 1. The fraction of sp³-hybridized carbons (Fsp3) is 0.579. The SMILES string of the molecule is Cc1cccc([C@@H](CNC(=O)CCN2CCCCC2=O)N(C)C)c1. The lowest BCUT2D eigenvalue weighted by Gasteiger charge is -2.27. The number of amides is 2. The third-order valence-electron chi connectivity index (χ3n) is 4.57. The molecule has 0 bridgehead atoms. The fourth-order valence-corrected chi connectivity index (χ4v) is 3.11. The summed E-state index contributed by atoms with van der Waals surface area (Å²) >= 11 is 0. The molecule has 1 saturated heterocycles. The van der Waals surface area contributed by atoms with Crippen molar-refractivity contribution < 1.29 is 9.59 Å². The molecule has 0 spiro atoms. The highest BCUT2D eigenvalue weighted by Crippen LogP contribution is 2.18. The van der Waals surface area contributed by atoms with Crippen LogP contribution in [-0.2, 0) is 9.59 Å². The smallest absolute Gasteiger partial charge is 0.222 e. The van der Waals surface area contributed by atoms with Crippen LogP contribution in [0.15, 0.2) is 24.3 Å². The van der Waals surface area contributed by atoms with Gasteiger partial charge in [-0.2, -0.15) is 0 Å². The molecule has 1 aliphatic heterocycles. The van der Waals surface area contributed by atoms with Crippen LogP contribution in [0.1, 0.15) is 42.9 Å². The van der Waals surface area contributed by atoms with Gasteiger partial charge in [0, 0.05) is 32.5 Å². The lowest BCUT2D eigenvalue weighted by Crippen LogP contribution is -2.39. The molecule has 0 radical (unpaired) electrons. The third-order valence-corrected chi connectivity index (χ3v) is 4.57. The van der Waals surface area contributed by atoms with E-state index in [0.29, 0.717) is 25.9 Å². The summed E-state index contributed by atoms with van der Waals surface area (Å²) in [7, 11) is 4.04. The molecular weight excluding hydrogens is 302 g/mol. The van der Waals surface area contributed by atoms with E-state index in [1.165, 1.54) is 11.1 Å². The molecule has 1 aromatic rings. The second kappa shape index (κ2) is 8.83. The number of carbonyl (C=O) groups excluding carboxylic acids is 2. The minimum atomic E-state index is 0.00729. The Morgan fingerprint density at radius 2 is 2.12 bits per heavy atom. The van der Waals surface area contributed by atoms with Crippen LogP contribution in [-0.4, -0.2) is 55.3 Å². The molecular formula is C19H29N3O2. The van der Waals surface area contributed by atoms with E-state index in [1.807, 2.05) is 25.1 Å². The maximum atomic E-state index is 12.2. The van der Waals surface area contributed by atoms with Crippen molar-refractivity contribution in [2.24, 2.45) is 0 Å². The van der Waals surface area contributed by atoms with Gasteiger partial charge in [0.15, 0.2) is 0 Å². The van der Waals surface area contributed by atoms with Gasteiger partial charge in [0.2, 0.25) is 11.8 Å². The molecule has 5 nitrogen and oxygen atoms in total. The Kier molecular flexibility index (Phi) is 6.79. The standard InChI is InChI=1S/C19H29N3O2/c1-15-7-6-8-16(13-15)17(21(2)3)14-20-18(23)10-12-22-11-5-4-9-19(22)24/h6-8,13,17H,4-5,9-12,14H2,1-3H3,(H,20,23)/t17-/m1/s1. The van der Waals surface area contributed by atoms with Gasteiger partial charge in [-0.1, -0.05) is 29.8 Å². The second-order valence-corrected chi connectivity index (χ2v) is 6.79. The molecule has 0 unspecified atom stereocenters. The van der Waals surface area contributed by atoms with Gasteiger partial charge in [0.25, 0.3) is 0 Å². The Hall–Kier alpha value is -1.88. The van der Waals surface area contributed by atoms with Crippen LogP contribution >= 0.6 is 0 Å². The average Bonchev–Trinajstić information content (AvgIpc) is 2.54. The van der Waals surface area contributed by atoms with Crippen LogP contribution in [0.4, 0.5) is 0 Å². The first kappa shape index (κ1) is 18.5. The normalized spacial score (nSPS) is 16.3. The van der Waals surface area contributed by atoms with Crippen molar-refractivity contribution in [1.29, 1.82) is 0 Å². The average molecular weight is 331 g/mol. The highest BCUT2D eigenvalue weighted by molar-refractivity contribution is 5.79. The van der Waals surface area contributed by atoms with Gasteiger partial charge < -0.3 is 15.1 Å². The van der Waals surface area contributed by atoms with E-state index in [4.69, 9.17) is 0 Å². The van der Waals surface area contributed by atoms with E-state index in [0.717, 1.165) is 19.4 Å². The molecule has 1 heterocycles. The monoisotopic (exact) mass is 331 g/mol. The Morgan fingerprint density at radius 1 is 1.33 bits per heavy atom. The van der Waals surface area contributed by atoms with Crippen LogP contribution in [0.3, 0.4) is 0 Å². The Bertz CT molecular complexity index is 571. The van der Waals surface area contributed by atoms with Crippen molar-refractivity contribution in [3.63, 3.8) is 0 Å². The summed E-state index contributed by atoms with van der Waals surface area (Å²) in [6.07, 6.45) is 3.02. The minimum Gasteiger partial charge on any atom is -0.354 e.